The molecule has 8 heteroatoms. The number of imidazole rings is 1. The first-order chi connectivity index (χ1) is 16.0. The van der Waals surface area contributed by atoms with Crippen LogP contribution in [0.3, 0.4) is 0 Å². The molecule has 1 aromatic heterocycles. The van der Waals surface area contributed by atoms with Gasteiger partial charge in [0.1, 0.15) is 23.1 Å². The van der Waals surface area contributed by atoms with Crippen LogP contribution in [-0.2, 0) is 6.54 Å². The van der Waals surface area contributed by atoms with Crippen molar-refractivity contribution in [2.45, 2.75) is 46.2 Å². The van der Waals surface area contributed by atoms with Gasteiger partial charge >= 0.3 is 6.16 Å². The van der Waals surface area contributed by atoms with Crippen LogP contribution in [0.5, 0.6) is 17.2 Å². The Balaban J connectivity index is 1.44. The number of carboxylic acid groups (broad SMARTS) is 1. The normalized spacial score (nSPS) is 15.0. The van der Waals surface area contributed by atoms with Crippen molar-refractivity contribution in [3.8, 4) is 17.2 Å². The lowest BCUT2D eigenvalue weighted by Gasteiger charge is -2.33. The SMILES string of the molecule is CCOc1cc(CN2CCC(n3c(C)nc4cc(OC(=O)O)ccc43)CC2)cc(OCC)c1. The van der Waals surface area contributed by atoms with Gasteiger partial charge in [-0.15, -0.1) is 0 Å². The minimum absolute atomic E-state index is 0.287. The number of ether oxygens (including phenoxy) is 3. The summed E-state index contributed by atoms with van der Waals surface area (Å²) in [6, 6.07) is 11.8. The molecule has 0 radical (unpaired) electrons. The number of benzene rings is 2. The largest absolute Gasteiger partial charge is 0.511 e. The number of rotatable bonds is 8. The molecule has 1 aliphatic rings. The number of hydrogen-bond donors (Lipinski definition) is 1. The molecule has 4 rings (SSSR count). The third-order valence-corrected chi connectivity index (χ3v) is 5.93. The second-order valence-corrected chi connectivity index (χ2v) is 8.23. The molecule has 0 spiro atoms. The Morgan fingerprint density at radius 1 is 1.03 bits per heavy atom. The van der Waals surface area contributed by atoms with Crippen LogP contribution in [0, 0.1) is 6.92 Å². The van der Waals surface area contributed by atoms with Crippen LogP contribution in [0.25, 0.3) is 11.0 Å². The van der Waals surface area contributed by atoms with Crippen LogP contribution in [0.15, 0.2) is 36.4 Å². The molecule has 1 saturated heterocycles. The summed E-state index contributed by atoms with van der Waals surface area (Å²) in [7, 11) is 0. The van der Waals surface area contributed by atoms with Gasteiger partial charge in [0.05, 0.1) is 24.2 Å². The number of aryl methyl sites for hydroxylation is 1. The molecule has 2 aromatic carbocycles. The zero-order chi connectivity index (χ0) is 23.4. The highest BCUT2D eigenvalue weighted by molar-refractivity contribution is 5.79. The van der Waals surface area contributed by atoms with Crippen molar-refractivity contribution in [3.63, 3.8) is 0 Å². The summed E-state index contributed by atoms with van der Waals surface area (Å²) in [5.74, 6) is 2.91. The van der Waals surface area contributed by atoms with E-state index in [0.29, 0.717) is 19.3 Å². The van der Waals surface area contributed by atoms with Crippen molar-refractivity contribution in [1.82, 2.24) is 14.5 Å². The van der Waals surface area contributed by atoms with Gasteiger partial charge in [-0.05, 0) is 63.4 Å². The summed E-state index contributed by atoms with van der Waals surface area (Å²) < 4.78 is 18.5. The zero-order valence-electron chi connectivity index (χ0n) is 19.4. The summed E-state index contributed by atoms with van der Waals surface area (Å²) in [5.41, 5.74) is 2.96. The van der Waals surface area contributed by atoms with Crippen molar-refractivity contribution in [2.24, 2.45) is 0 Å². The fraction of sp³-hybridized carbons (Fsp3) is 0.440. The molecular weight excluding hydrogens is 422 g/mol. The van der Waals surface area contributed by atoms with E-state index in [9.17, 15) is 4.79 Å². The summed E-state index contributed by atoms with van der Waals surface area (Å²) in [6.07, 6.45) is 0.713. The first-order valence-corrected chi connectivity index (χ1v) is 11.5. The molecule has 8 nitrogen and oxygen atoms in total. The Morgan fingerprint density at radius 3 is 2.30 bits per heavy atom. The smallest absolute Gasteiger partial charge is 0.494 e. The average Bonchev–Trinajstić information content (AvgIpc) is 3.09. The summed E-state index contributed by atoms with van der Waals surface area (Å²) in [4.78, 5) is 17.9. The molecule has 0 bridgehead atoms. The van der Waals surface area contributed by atoms with Crippen LogP contribution in [-0.4, -0.2) is 52.0 Å². The maximum atomic E-state index is 10.8. The van der Waals surface area contributed by atoms with E-state index in [0.717, 1.165) is 60.8 Å². The van der Waals surface area contributed by atoms with Gasteiger partial charge in [-0.3, -0.25) is 4.90 Å². The lowest BCUT2D eigenvalue weighted by atomic mass is 10.0. The van der Waals surface area contributed by atoms with Crippen molar-refractivity contribution in [1.29, 1.82) is 0 Å². The monoisotopic (exact) mass is 453 g/mol. The second-order valence-electron chi connectivity index (χ2n) is 8.23. The molecular formula is C25H31N3O5. The first-order valence-electron chi connectivity index (χ1n) is 11.5. The number of hydrogen-bond acceptors (Lipinski definition) is 6. The number of nitrogens with zero attached hydrogens (tertiary/aromatic N) is 3. The fourth-order valence-electron chi connectivity index (χ4n) is 4.64. The molecule has 1 aliphatic heterocycles. The predicted molar refractivity (Wildman–Crippen MR) is 125 cm³/mol. The fourth-order valence-corrected chi connectivity index (χ4v) is 4.64. The molecule has 33 heavy (non-hydrogen) atoms. The van der Waals surface area contributed by atoms with E-state index in [1.807, 2.05) is 32.9 Å². The third-order valence-electron chi connectivity index (χ3n) is 5.93. The Kier molecular flexibility index (Phi) is 7.03. The third kappa shape index (κ3) is 5.39. The molecule has 0 aliphatic carbocycles. The molecule has 0 unspecified atom stereocenters. The van der Waals surface area contributed by atoms with Crippen LogP contribution in [0.1, 0.15) is 44.1 Å². The lowest BCUT2D eigenvalue weighted by Crippen LogP contribution is -2.34. The minimum Gasteiger partial charge on any atom is -0.494 e. The van der Waals surface area contributed by atoms with Gasteiger partial charge in [0.25, 0.3) is 0 Å². The lowest BCUT2D eigenvalue weighted by molar-refractivity contribution is 0.144. The Labute approximate surface area is 193 Å². The van der Waals surface area contributed by atoms with Gasteiger partial charge in [-0.1, -0.05) is 0 Å². The highest BCUT2D eigenvalue weighted by Crippen LogP contribution is 2.31. The van der Waals surface area contributed by atoms with E-state index in [2.05, 4.69) is 26.6 Å². The van der Waals surface area contributed by atoms with Crippen molar-refractivity contribution in [3.05, 3.63) is 47.8 Å². The highest BCUT2D eigenvalue weighted by atomic mass is 16.7. The predicted octanol–water partition coefficient (Wildman–Crippen LogP) is 5.04. The molecule has 2 heterocycles. The average molecular weight is 454 g/mol. The zero-order valence-corrected chi connectivity index (χ0v) is 19.4. The van der Waals surface area contributed by atoms with Crippen LogP contribution in [0.4, 0.5) is 4.79 Å². The number of carbonyl (C=O) groups is 1. The number of fused-ring (bicyclic) bond motifs is 1. The van der Waals surface area contributed by atoms with Crippen molar-refractivity contribution < 1.29 is 24.1 Å². The minimum atomic E-state index is -1.32. The maximum absolute atomic E-state index is 10.8. The molecule has 176 valence electrons. The van der Waals surface area contributed by atoms with Crippen molar-refractivity contribution >= 4 is 17.2 Å². The number of piperidine rings is 1. The quantitative estimate of drug-likeness (QED) is 0.378. The van der Waals surface area contributed by atoms with E-state index >= 15 is 0 Å². The number of likely N-dealkylation sites (tertiary alicyclic amines) is 1. The summed E-state index contributed by atoms with van der Waals surface area (Å²) in [6.45, 7) is 10.0. The Hall–Kier alpha value is -3.26. The highest BCUT2D eigenvalue weighted by Gasteiger charge is 2.24. The molecule has 0 amide bonds. The van der Waals surface area contributed by atoms with Gasteiger partial charge in [-0.25, -0.2) is 9.78 Å². The maximum Gasteiger partial charge on any atom is 0.511 e. The first kappa shape index (κ1) is 22.9. The van der Waals surface area contributed by atoms with Crippen LogP contribution in [0.2, 0.25) is 0 Å². The summed E-state index contributed by atoms with van der Waals surface area (Å²) >= 11 is 0. The molecule has 1 fully saturated rings. The van der Waals surface area contributed by atoms with Crippen molar-refractivity contribution in [2.75, 3.05) is 26.3 Å². The Morgan fingerprint density at radius 2 is 1.70 bits per heavy atom. The standard InChI is InChI=1S/C25H31N3O5/c1-4-31-21-12-18(13-22(14-21)32-5-2)16-27-10-8-19(9-11-27)28-17(3)26-23-15-20(33-25(29)30)6-7-24(23)28/h6-7,12-15,19H,4-5,8-11,16H2,1-3H3,(H,29,30). The molecule has 0 saturated carbocycles. The Bertz CT molecular complexity index is 1090. The van der Waals surface area contributed by atoms with E-state index in [4.69, 9.17) is 19.3 Å². The van der Waals surface area contributed by atoms with Crippen LogP contribution >= 0.6 is 0 Å². The van der Waals surface area contributed by atoms with Gasteiger partial charge in [-0.2, -0.15) is 0 Å². The van der Waals surface area contributed by atoms with Crippen LogP contribution < -0.4 is 14.2 Å². The molecule has 3 aromatic rings. The molecule has 1 N–H and O–H groups in total. The van der Waals surface area contributed by atoms with E-state index in [1.165, 1.54) is 5.56 Å². The second kappa shape index (κ2) is 10.1. The van der Waals surface area contributed by atoms with Gasteiger partial charge in [0.2, 0.25) is 0 Å². The molecule has 0 atom stereocenters. The summed E-state index contributed by atoms with van der Waals surface area (Å²) in [5, 5.41) is 8.85. The van der Waals surface area contributed by atoms with Gasteiger partial charge in [0.15, 0.2) is 0 Å². The number of aromatic nitrogens is 2. The van der Waals surface area contributed by atoms with E-state index < -0.39 is 6.16 Å². The topological polar surface area (TPSA) is 86.0 Å². The van der Waals surface area contributed by atoms with Gasteiger partial charge < -0.3 is 23.9 Å². The van der Waals surface area contributed by atoms with E-state index in [-0.39, 0.29) is 5.75 Å². The van der Waals surface area contributed by atoms with E-state index in [1.54, 1.807) is 12.1 Å². The van der Waals surface area contributed by atoms with Gasteiger partial charge in [0, 0.05) is 37.8 Å².